The van der Waals surface area contributed by atoms with Crippen molar-refractivity contribution in [2.75, 3.05) is 7.05 Å². The number of carbonyl (C=O) groups is 1. The van der Waals surface area contributed by atoms with Gasteiger partial charge in [-0.15, -0.1) is 0 Å². The lowest BCUT2D eigenvalue weighted by molar-refractivity contribution is 0.0780. The second-order valence-corrected chi connectivity index (χ2v) is 6.70. The molecule has 0 unspecified atom stereocenters. The molecule has 0 aliphatic carbocycles. The van der Waals surface area contributed by atoms with E-state index in [9.17, 15) is 9.18 Å². The molecular weight excluding hydrogens is 371 g/mol. The average Bonchev–Trinajstić information content (AvgIpc) is 3.21. The fourth-order valence-corrected chi connectivity index (χ4v) is 3.11. The number of ether oxygens (including phenoxy) is 1. The molecule has 146 valence electrons. The molecule has 4 rings (SSSR count). The van der Waals surface area contributed by atoms with Crippen molar-refractivity contribution in [2.45, 2.75) is 13.2 Å². The van der Waals surface area contributed by atoms with Gasteiger partial charge in [0.05, 0.1) is 5.69 Å². The van der Waals surface area contributed by atoms with Gasteiger partial charge in [-0.05, 0) is 35.2 Å². The number of aromatic amines is 1. The average molecular weight is 390 g/mol. The van der Waals surface area contributed by atoms with Crippen LogP contribution in [0.15, 0.2) is 67.0 Å². The third-order valence-corrected chi connectivity index (χ3v) is 4.57. The van der Waals surface area contributed by atoms with Gasteiger partial charge in [0.1, 0.15) is 18.2 Å². The number of amides is 1. The number of hydrogen-bond acceptors (Lipinski definition) is 4. The van der Waals surface area contributed by atoms with Gasteiger partial charge in [-0.2, -0.15) is 5.10 Å². The Morgan fingerprint density at radius 1 is 1.17 bits per heavy atom. The molecule has 6 nitrogen and oxygen atoms in total. The largest absolute Gasteiger partial charge is 0.487 e. The number of pyridine rings is 1. The Kier molecular flexibility index (Phi) is 5.20. The van der Waals surface area contributed by atoms with Crippen LogP contribution in [0, 0.1) is 5.82 Å². The van der Waals surface area contributed by atoms with E-state index >= 15 is 0 Å². The number of aromatic nitrogens is 3. The summed E-state index contributed by atoms with van der Waals surface area (Å²) >= 11 is 0. The van der Waals surface area contributed by atoms with Crippen LogP contribution in [0.5, 0.6) is 5.75 Å². The van der Waals surface area contributed by atoms with E-state index < -0.39 is 0 Å². The summed E-state index contributed by atoms with van der Waals surface area (Å²) in [6, 6.07) is 15.4. The maximum absolute atomic E-state index is 13.2. The molecule has 7 heteroatoms. The number of rotatable bonds is 6. The Morgan fingerprint density at radius 2 is 2.03 bits per heavy atom. The van der Waals surface area contributed by atoms with E-state index in [1.165, 1.54) is 12.1 Å². The molecule has 0 saturated carbocycles. The summed E-state index contributed by atoms with van der Waals surface area (Å²) in [5.41, 5.74) is 1.96. The molecule has 0 spiro atoms. The Labute approximate surface area is 167 Å². The first-order valence-electron chi connectivity index (χ1n) is 9.10. The zero-order chi connectivity index (χ0) is 20.2. The number of carbonyl (C=O) groups excluding carboxylic acids is 1. The minimum Gasteiger partial charge on any atom is -0.487 e. The molecule has 29 heavy (non-hydrogen) atoms. The van der Waals surface area contributed by atoms with E-state index in [4.69, 9.17) is 4.74 Å². The highest BCUT2D eigenvalue weighted by molar-refractivity contribution is 5.92. The van der Waals surface area contributed by atoms with Crippen LogP contribution < -0.4 is 4.74 Å². The Bertz CT molecular complexity index is 1150. The lowest BCUT2D eigenvalue weighted by atomic mass is 10.1. The van der Waals surface area contributed by atoms with Crippen LogP contribution in [-0.4, -0.2) is 33.0 Å². The highest BCUT2D eigenvalue weighted by Gasteiger charge is 2.17. The van der Waals surface area contributed by atoms with E-state index in [2.05, 4.69) is 15.2 Å². The van der Waals surface area contributed by atoms with Crippen molar-refractivity contribution in [3.8, 4) is 5.75 Å². The van der Waals surface area contributed by atoms with Crippen molar-refractivity contribution in [1.82, 2.24) is 20.1 Å². The molecule has 2 aromatic heterocycles. The number of hydrogen-bond donors (Lipinski definition) is 1. The molecule has 0 aliphatic heterocycles. The fraction of sp³-hybridized carbons (Fsp3) is 0.136. The van der Waals surface area contributed by atoms with Gasteiger partial charge < -0.3 is 9.64 Å². The van der Waals surface area contributed by atoms with Gasteiger partial charge in [0, 0.05) is 37.4 Å². The summed E-state index contributed by atoms with van der Waals surface area (Å²) in [5, 5.41) is 8.98. The van der Waals surface area contributed by atoms with Crippen molar-refractivity contribution in [3.63, 3.8) is 0 Å². The Hall–Kier alpha value is -3.74. The second kappa shape index (κ2) is 8.10. The van der Waals surface area contributed by atoms with Crippen LogP contribution in [0.4, 0.5) is 4.39 Å². The molecule has 2 heterocycles. The maximum Gasteiger partial charge on any atom is 0.274 e. The lowest BCUT2D eigenvalue weighted by Gasteiger charge is -2.17. The summed E-state index contributed by atoms with van der Waals surface area (Å²) in [7, 11) is 1.74. The first kappa shape index (κ1) is 18.6. The van der Waals surface area contributed by atoms with Crippen LogP contribution in [0.1, 0.15) is 21.7 Å². The SMILES string of the molecule is CN(Cc1cccc2cnccc12)C(=O)c1cc(COc2cccc(F)c2)[nH]n1. The number of halogens is 1. The number of benzene rings is 2. The summed E-state index contributed by atoms with van der Waals surface area (Å²) in [4.78, 5) is 18.5. The predicted octanol–water partition coefficient (Wildman–Crippen LogP) is 3.95. The van der Waals surface area contributed by atoms with Crippen molar-refractivity contribution >= 4 is 16.7 Å². The van der Waals surface area contributed by atoms with Gasteiger partial charge in [-0.1, -0.05) is 24.3 Å². The van der Waals surface area contributed by atoms with Crippen molar-refractivity contribution in [3.05, 3.63) is 89.8 Å². The van der Waals surface area contributed by atoms with E-state index in [0.29, 0.717) is 23.7 Å². The van der Waals surface area contributed by atoms with E-state index in [1.54, 1.807) is 42.5 Å². The minimum atomic E-state index is -0.367. The first-order valence-corrected chi connectivity index (χ1v) is 9.10. The topological polar surface area (TPSA) is 71.1 Å². The standard InChI is InChI=1S/C22H19FN4O2/c1-27(13-16-5-2-4-15-12-24-9-8-20(15)16)22(28)21-11-18(25-26-21)14-29-19-7-3-6-17(23)10-19/h2-12H,13-14H2,1H3,(H,25,26). The van der Waals surface area contributed by atoms with Crippen LogP contribution >= 0.6 is 0 Å². The summed E-state index contributed by atoms with van der Waals surface area (Å²) in [6.45, 7) is 0.603. The molecule has 1 amide bonds. The maximum atomic E-state index is 13.2. The van der Waals surface area contributed by atoms with E-state index in [-0.39, 0.29) is 18.3 Å². The zero-order valence-electron chi connectivity index (χ0n) is 15.8. The summed E-state index contributed by atoms with van der Waals surface area (Å²) in [5.74, 6) is -0.159. The smallest absolute Gasteiger partial charge is 0.274 e. The third-order valence-electron chi connectivity index (χ3n) is 4.57. The van der Waals surface area contributed by atoms with E-state index in [0.717, 1.165) is 16.3 Å². The quantitative estimate of drug-likeness (QED) is 0.541. The third kappa shape index (κ3) is 4.24. The summed E-state index contributed by atoms with van der Waals surface area (Å²) < 4.78 is 18.7. The molecule has 0 aliphatic rings. The van der Waals surface area contributed by atoms with Crippen molar-refractivity contribution < 1.29 is 13.9 Å². The number of nitrogens with one attached hydrogen (secondary N) is 1. The molecule has 4 aromatic rings. The molecular formula is C22H19FN4O2. The predicted molar refractivity (Wildman–Crippen MR) is 107 cm³/mol. The van der Waals surface area contributed by atoms with Gasteiger partial charge in [-0.3, -0.25) is 14.9 Å². The monoisotopic (exact) mass is 390 g/mol. The number of fused-ring (bicyclic) bond motifs is 1. The normalized spacial score (nSPS) is 10.8. The zero-order valence-corrected chi connectivity index (χ0v) is 15.8. The lowest BCUT2D eigenvalue weighted by Crippen LogP contribution is -2.26. The van der Waals surface area contributed by atoms with E-state index in [1.807, 2.05) is 24.3 Å². The number of H-pyrrole nitrogens is 1. The van der Waals surface area contributed by atoms with Crippen molar-refractivity contribution in [2.24, 2.45) is 0 Å². The van der Waals surface area contributed by atoms with Gasteiger partial charge in [0.2, 0.25) is 0 Å². The van der Waals surface area contributed by atoms with Crippen LogP contribution in [-0.2, 0) is 13.2 Å². The highest BCUT2D eigenvalue weighted by Crippen LogP contribution is 2.19. The van der Waals surface area contributed by atoms with Crippen LogP contribution in [0.25, 0.3) is 10.8 Å². The molecule has 0 saturated heterocycles. The van der Waals surface area contributed by atoms with Crippen LogP contribution in [0.3, 0.4) is 0 Å². The van der Waals surface area contributed by atoms with Gasteiger partial charge in [0.25, 0.3) is 5.91 Å². The summed E-state index contributed by atoms with van der Waals surface area (Å²) in [6.07, 6.45) is 3.55. The van der Waals surface area contributed by atoms with Gasteiger partial charge in [0.15, 0.2) is 5.69 Å². The fourth-order valence-electron chi connectivity index (χ4n) is 3.11. The highest BCUT2D eigenvalue weighted by atomic mass is 19.1. The van der Waals surface area contributed by atoms with Gasteiger partial charge in [-0.25, -0.2) is 4.39 Å². The minimum absolute atomic E-state index is 0.157. The number of nitrogens with zero attached hydrogens (tertiary/aromatic N) is 3. The van der Waals surface area contributed by atoms with Crippen LogP contribution in [0.2, 0.25) is 0 Å². The molecule has 0 radical (unpaired) electrons. The second-order valence-electron chi connectivity index (χ2n) is 6.70. The van der Waals surface area contributed by atoms with Gasteiger partial charge >= 0.3 is 0 Å². The Balaban J connectivity index is 1.43. The van der Waals surface area contributed by atoms with Crippen molar-refractivity contribution in [1.29, 1.82) is 0 Å². The molecule has 1 N–H and O–H groups in total. The molecule has 0 fully saturated rings. The molecule has 0 atom stereocenters. The Morgan fingerprint density at radius 3 is 2.90 bits per heavy atom. The molecule has 0 bridgehead atoms. The first-order chi connectivity index (χ1) is 14.1. The molecule has 2 aromatic carbocycles.